The quantitative estimate of drug-likeness (QED) is 0.344. The largest absolute Gasteiger partial charge is 0.465 e. The van der Waals surface area contributed by atoms with Crippen LogP contribution in [-0.2, 0) is 9.53 Å². The molecule has 1 aromatic heterocycles. The lowest BCUT2D eigenvalue weighted by molar-refractivity contribution is -0.111. The number of nitrogens with zero attached hydrogens (tertiary/aromatic N) is 2. The van der Waals surface area contributed by atoms with E-state index < -0.39 is 0 Å². The van der Waals surface area contributed by atoms with Crippen molar-refractivity contribution < 1.29 is 14.3 Å². The SMILES string of the molecule is C=CC(=O)Nc1ccc(Sc2ccnc(Nc3ccc(C(=O)OC)cc3)n2)cc1. The Balaban J connectivity index is 1.65. The molecule has 1 amide bonds. The van der Waals surface area contributed by atoms with Crippen LogP contribution in [0.2, 0.25) is 0 Å². The maximum atomic E-state index is 11.5. The smallest absolute Gasteiger partial charge is 0.337 e. The number of anilines is 3. The van der Waals surface area contributed by atoms with Crippen LogP contribution in [0.1, 0.15) is 10.4 Å². The predicted molar refractivity (Wildman–Crippen MR) is 112 cm³/mol. The first-order valence-electron chi connectivity index (χ1n) is 8.57. The van der Waals surface area contributed by atoms with Gasteiger partial charge in [0.15, 0.2) is 0 Å². The number of carbonyl (C=O) groups excluding carboxylic acids is 2. The van der Waals surface area contributed by atoms with Crippen LogP contribution in [0.25, 0.3) is 0 Å². The Kier molecular flexibility index (Phi) is 6.59. The van der Waals surface area contributed by atoms with E-state index in [1.54, 1.807) is 30.5 Å². The number of amides is 1. The number of hydrogen-bond acceptors (Lipinski definition) is 7. The zero-order valence-electron chi connectivity index (χ0n) is 15.6. The number of benzene rings is 2. The molecule has 0 aliphatic heterocycles. The Morgan fingerprint density at radius 3 is 2.38 bits per heavy atom. The first-order valence-corrected chi connectivity index (χ1v) is 9.39. The molecule has 0 radical (unpaired) electrons. The summed E-state index contributed by atoms with van der Waals surface area (Å²) in [5.74, 6) is -0.200. The van der Waals surface area contributed by atoms with E-state index in [1.165, 1.54) is 24.9 Å². The van der Waals surface area contributed by atoms with Crippen molar-refractivity contribution >= 4 is 41.0 Å². The molecule has 0 aliphatic carbocycles. The number of hydrogen-bond donors (Lipinski definition) is 2. The zero-order valence-corrected chi connectivity index (χ0v) is 16.4. The van der Waals surface area contributed by atoms with Gasteiger partial charge < -0.3 is 15.4 Å². The van der Waals surface area contributed by atoms with Gasteiger partial charge in [-0.15, -0.1) is 0 Å². The number of carbonyl (C=O) groups is 2. The van der Waals surface area contributed by atoms with Gasteiger partial charge in [0.1, 0.15) is 5.03 Å². The molecule has 146 valence electrons. The molecule has 8 heteroatoms. The van der Waals surface area contributed by atoms with Crippen molar-refractivity contribution in [3.05, 3.63) is 79.0 Å². The van der Waals surface area contributed by atoms with Gasteiger partial charge in [-0.3, -0.25) is 4.79 Å². The minimum Gasteiger partial charge on any atom is -0.465 e. The average Bonchev–Trinajstić information content (AvgIpc) is 2.75. The molecule has 0 saturated heterocycles. The van der Waals surface area contributed by atoms with E-state index in [-0.39, 0.29) is 11.9 Å². The van der Waals surface area contributed by atoms with Crippen molar-refractivity contribution in [2.75, 3.05) is 17.7 Å². The summed E-state index contributed by atoms with van der Waals surface area (Å²) in [7, 11) is 1.34. The van der Waals surface area contributed by atoms with Crippen LogP contribution in [0.3, 0.4) is 0 Å². The van der Waals surface area contributed by atoms with Crippen molar-refractivity contribution in [3.8, 4) is 0 Å². The molecule has 3 aromatic rings. The summed E-state index contributed by atoms with van der Waals surface area (Å²) >= 11 is 1.47. The molecule has 0 aliphatic rings. The highest BCUT2D eigenvalue weighted by molar-refractivity contribution is 7.99. The molecule has 7 nitrogen and oxygen atoms in total. The number of rotatable bonds is 7. The lowest BCUT2D eigenvalue weighted by atomic mass is 10.2. The van der Waals surface area contributed by atoms with Gasteiger partial charge in [0, 0.05) is 22.5 Å². The molecule has 2 N–H and O–H groups in total. The van der Waals surface area contributed by atoms with Crippen molar-refractivity contribution in [2.24, 2.45) is 0 Å². The van der Waals surface area contributed by atoms with Gasteiger partial charge in [0.05, 0.1) is 12.7 Å². The third kappa shape index (κ3) is 5.66. The summed E-state index contributed by atoms with van der Waals surface area (Å²) in [5.41, 5.74) is 1.91. The molecular formula is C21H18N4O3S. The van der Waals surface area contributed by atoms with E-state index >= 15 is 0 Å². The average molecular weight is 406 g/mol. The van der Waals surface area contributed by atoms with Crippen molar-refractivity contribution in [1.29, 1.82) is 0 Å². The highest BCUT2D eigenvalue weighted by Crippen LogP contribution is 2.28. The van der Waals surface area contributed by atoms with Gasteiger partial charge in [-0.2, -0.15) is 0 Å². The predicted octanol–water partition coefficient (Wildman–Crippen LogP) is 4.28. The van der Waals surface area contributed by atoms with Crippen LogP contribution >= 0.6 is 11.8 Å². The number of aromatic nitrogens is 2. The maximum Gasteiger partial charge on any atom is 0.337 e. The van der Waals surface area contributed by atoms with Crippen molar-refractivity contribution in [3.63, 3.8) is 0 Å². The summed E-state index contributed by atoms with van der Waals surface area (Å²) in [6.45, 7) is 3.43. The summed E-state index contributed by atoms with van der Waals surface area (Å²) in [4.78, 5) is 32.5. The molecule has 1 heterocycles. The van der Waals surface area contributed by atoms with Gasteiger partial charge in [-0.05, 0) is 60.7 Å². The molecule has 0 saturated carbocycles. The summed E-state index contributed by atoms with van der Waals surface area (Å²) in [6.07, 6.45) is 2.89. The topological polar surface area (TPSA) is 93.2 Å². The third-order valence-corrected chi connectivity index (χ3v) is 4.67. The molecule has 0 bridgehead atoms. The van der Waals surface area contributed by atoms with Crippen LogP contribution in [0.4, 0.5) is 17.3 Å². The number of ether oxygens (including phenoxy) is 1. The zero-order chi connectivity index (χ0) is 20.6. The van der Waals surface area contributed by atoms with E-state index in [1.807, 2.05) is 30.3 Å². The molecule has 0 atom stereocenters. The molecule has 2 aromatic carbocycles. The molecule has 0 fully saturated rings. The first kappa shape index (κ1) is 20.1. The summed E-state index contributed by atoms with van der Waals surface area (Å²) in [5, 5.41) is 6.57. The van der Waals surface area contributed by atoms with Gasteiger partial charge in [0.25, 0.3) is 0 Å². The summed E-state index contributed by atoms with van der Waals surface area (Å²) in [6, 6.07) is 16.1. The van der Waals surface area contributed by atoms with Crippen LogP contribution in [0.5, 0.6) is 0 Å². The van der Waals surface area contributed by atoms with E-state index in [0.29, 0.717) is 17.2 Å². The fraction of sp³-hybridized carbons (Fsp3) is 0.0476. The van der Waals surface area contributed by atoms with Gasteiger partial charge in [-0.25, -0.2) is 14.8 Å². The molecule has 0 spiro atoms. The molecular weight excluding hydrogens is 388 g/mol. The fourth-order valence-electron chi connectivity index (χ4n) is 2.32. The minimum atomic E-state index is -0.388. The Morgan fingerprint density at radius 2 is 1.72 bits per heavy atom. The van der Waals surface area contributed by atoms with Gasteiger partial charge in [0.2, 0.25) is 11.9 Å². The monoisotopic (exact) mass is 406 g/mol. The maximum absolute atomic E-state index is 11.5. The molecule has 0 unspecified atom stereocenters. The van der Waals surface area contributed by atoms with Crippen LogP contribution in [0.15, 0.2) is 83.4 Å². The minimum absolute atomic E-state index is 0.253. The second-order valence-electron chi connectivity index (χ2n) is 5.73. The third-order valence-electron chi connectivity index (χ3n) is 3.72. The van der Waals surface area contributed by atoms with E-state index in [2.05, 4.69) is 31.9 Å². The lowest BCUT2D eigenvalue weighted by Gasteiger charge is -2.08. The van der Waals surface area contributed by atoms with Crippen LogP contribution in [0, 0.1) is 0 Å². The Labute approximate surface area is 172 Å². The first-order chi connectivity index (χ1) is 14.1. The highest BCUT2D eigenvalue weighted by Gasteiger charge is 2.06. The van der Waals surface area contributed by atoms with Crippen molar-refractivity contribution in [1.82, 2.24) is 9.97 Å². The number of nitrogens with one attached hydrogen (secondary N) is 2. The van der Waals surface area contributed by atoms with E-state index in [0.717, 1.165) is 15.6 Å². The Hall–Kier alpha value is -3.65. The molecule has 3 rings (SSSR count). The fourth-order valence-corrected chi connectivity index (χ4v) is 3.09. The second kappa shape index (κ2) is 9.52. The van der Waals surface area contributed by atoms with Crippen LogP contribution in [-0.4, -0.2) is 29.0 Å². The standard InChI is InChI=1S/C21H18N4O3S/c1-3-18(26)23-15-8-10-17(11-9-15)29-19-12-13-22-21(25-19)24-16-6-4-14(5-7-16)20(27)28-2/h3-13H,1H2,2H3,(H,23,26)(H,22,24,25). The molecule has 29 heavy (non-hydrogen) atoms. The van der Waals surface area contributed by atoms with E-state index in [9.17, 15) is 9.59 Å². The van der Waals surface area contributed by atoms with E-state index in [4.69, 9.17) is 0 Å². The second-order valence-corrected chi connectivity index (χ2v) is 6.83. The van der Waals surface area contributed by atoms with Gasteiger partial charge >= 0.3 is 5.97 Å². The Morgan fingerprint density at radius 1 is 1.03 bits per heavy atom. The Bertz CT molecular complexity index is 1020. The summed E-state index contributed by atoms with van der Waals surface area (Å²) < 4.78 is 4.69. The normalized spacial score (nSPS) is 10.1. The van der Waals surface area contributed by atoms with Crippen molar-refractivity contribution in [2.45, 2.75) is 9.92 Å². The van der Waals surface area contributed by atoms with Gasteiger partial charge in [-0.1, -0.05) is 18.3 Å². The van der Waals surface area contributed by atoms with Crippen LogP contribution < -0.4 is 10.6 Å². The highest BCUT2D eigenvalue weighted by atomic mass is 32.2. The number of methoxy groups -OCH3 is 1. The number of esters is 1. The lowest BCUT2D eigenvalue weighted by Crippen LogP contribution is -2.06.